The molecule has 2 rings (SSSR count). The van der Waals surface area contributed by atoms with Crippen LogP contribution in [0.5, 0.6) is 0 Å². The SMILES string of the molecule is CCO[C@@H]1CN(C)C[C@H]1NC(=O)c1cc(CC(C)C)nn1C. The van der Waals surface area contributed by atoms with Gasteiger partial charge >= 0.3 is 0 Å². The highest BCUT2D eigenvalue weighted by molar-refractivity contribution is 5.93. The van der Waals surface area contributed by atoms with Gasteiger partial charge in [0, 0.05) is 26.7 Å². The van der Waals surface area contributed by atoms with Crippen LogP contribution in [-0.2, 0) is 18.2 Å². The monoisotopic (exact) mass is 308 g/mol. The van der Waals surface area contributed by atoms with E-state index in [0.717, 1.165) is 25.2 Å². The average molecular weight is 308 g/mol. The molecule has 0 aromatic carbocycles. The molecule has 0 saturated carbocycles. The fourth-order valence-electron chi connectivity index (χ4n) is 2.98. The highest BCUT2D eigenvalue weighted by atomic mass is 16.5. The third kappa shape index (κ3) is 4.08. The number of likely N-dealkylation sites (N-methyl/N-ethyl adjacent to an activating group) is 1. The molecule has 0 unspecified atom stereocenters. The van der Waals surface area contributed by atoms with Gasteiger partial charge in [0.15, 0.2) is 0 Å². The normalized spacial score (nSPS) is 22.5. The molecule has 0 bridgehead atoms. The smallest absolute Gasteiger partial charge is 0.269 e. The van der Waals surface area contributed by atoms with Crippen molar-refractivity contribution in [1.82, 2.24) is 20.0 Å². The largest absolute Gasteiger partial charge is 0.375 e. The minimum Gasteiger partial charge on any atom is -0.375 e. The van der Waals surface area contributed by atoms with E-state index in [0.29, 0.717) is 18.2 Å². The third-order valence-electron chi connectivity index (χ3n) is 3.93. The molecule has 6 nitrogen and oxygen atoms in total. The quantitative estimate of drug-likeness (QED) is 0.854. The van der Waals surface area contributed by atoms with Crippen LogP contribution in [0.15, 0.2) is 6.07 Å². The molecule has 124 valence electrons. The van der Waals surface area contributed by atoms with Gasteiger partial charge in [0.05, 0.1) is 17.8 Å². The van der Waals surface area contributed by atoms with Gasteiger partial charge in [0.1, 0.15) is 5.69 Å². The van der Waals surface area contributed by atoms with E-state index in [2.05, 4.69) is 29.2 Å². The molecule has 6 heteroatoms. The molecule has 1 aliphatic heterocycles. The first kappa shape index (κ1) is 17.0. The second kappa shape index (κ2) is 7.24. The van der Waals surface area contributed by atoms with Crippen LogP contribution in [0.2, 0.25) is 0 Å². The lowest BCUT2D eigenvalue weighted by Gasteiger charge is -2.19. The number of carbonyl (C=O) groups is 1. The zero-order chi connectivity index (χ0) is 16.3. The lowest BCUT2D eigenvalue weighted by Crippen LogP contribution is -2.44. The molecule has 0 radical (unpaired) electrons. The molecular formula is C16H28N4O2. The molecular weight excluding hydrogens is 280 g/mol. The van der Waals surface area contributed by atoms with Gasteiger partial charge in [-0.05, 0) is 32.4 Å². The molecule has 1 saturated heterocycles. The lowest BCUT2D eigenvalue weighted by atomic mass is 10.1. The Hall–Kier alpha value is -1.40. The Morgan fingerprint density at radius 1 is 1.45 bits per heavy atom. The molecule has 22 heavy (non-hydrogen) atoms. The van der Waals surface area contributed by atoms with Gasteiger partial charge in [-0.15, -0.1) is 0 Å². The summed E-state index contributed by atoms with van der Waals surface area (Å²) >= 11 is 0. The van der Waals surface area contributed by atoms with Crippen LogP contribution in [-0.4, -0.2) is 59.5 Å². The summed E-state index contributed by atoms with van der Waals surface area (Å²) in [4.78, 5) is 14.7. The van der Waals surface area contributed by atoms with E-state index in [1.54, 1.807) is 4.68 Å². The summed E-state index contributed by atoms with van der Waals surface area (Å²) in [6.45, 7) is 8.60. The summed E-state index contributed by atoms with van der Waals surface area (Å²) in [5.41, 5.74) is 1.58. The van der Waals surface area contributed by atoms with Crippen LogP contribution >= 0.6 is 0 Å². The Morgan fingerprint density at radius 3 is 2.82 bits per heavy atom. The minimum atomic E-state index is -0.0741. The van der Waals surface area contributed by atoms with Crippen LogP contribution in [0.3, 0.4) is 0 Å². The lowest BCUT2D eigenvalue weighted by molar-refractivity contribution is 0.0511. The van der Waals surface area contributed by atoms with E-state index < -0.39 is 0 Å². The van der Waals surface area contributed by atoms with Gasteiger partial charge in [0.25, 0.3) is 5.91 Å². The van der Waals surface area contributed by atoms with E-state index in [-0.39, 0.29) is 18.1 Å². The Balaban J connectivity index is 2.04. The summed E-state index contributed by atoms with van der Waals surface area (Å²) < 4.78 is 7.40. The van der Waals surface area contributed by atoms with Crippen molar-refractivity contribution in [3.8, 4) is 0 Å². The minimum absolute atomic E-state index is 0.0286. The first-order valence-corrected chi connectivity index (χ1v) is 8.04. The van der Waals surface area contributed by atoms with Crippen molar-refractivity contribution < 1.29 is 9.53 Å². The zero-order valence-corrected chi connectivity index (χ0v) is 14.3. The molecule has 1 fully saturated rings. The van der Waals surface area contributed by atoms with Crippen molar-refractivity contribution in [3.05, 3.63) is 17.5 Å². The molecule has 2 atom stereocenters. The van der Waals surface area contributed by atoms with E-state index in [1.165, 1.54) is 0 Å². The Bertz CT molecular complexity index is 512. The highest BCUT2D eigenvalue weighted by Gasteiger charge is 2.33. The van der Waals surface area contributed by atoms with Gasteiger partial charge in [-0.2, -0.15) is 5.10 Å². The Labute approximate surface area is 132 Å². The van der Waals surface area contributed by atoms with E-state index >= 15 is 0 Å². The molecule has 1 aromatic heterocycles. The number of rotatable bonds is 6. The average Bonchev–Trinajstić information content (AvgIpc) is 2.93. The summed E-state index contributed by atoms with van der Waals surface area (Å²) in [6.07, 6.45) is 0.941. The van der Waals surface area contributed by atoms with Crippen LogP contribution in [0.25, 0.3) is 0 Å². The van der Waals surface area contributed by atoms with Crippen molar-refractivity contribution >= 4 is 5.91 Å². The summed E-state index contributed by atoms with van der Waals surface area (Å²) in [5.74, 6) is 0.451. The number of ether oxygens (including phenoxy) is 1. The fraction of sp³-hybridized carbons (Fsp3) is 0.750. The number of aromatic nitrogens is 2. The standard InChI is InChI=1S/C16H28N4O2/c1-6-22-15-10-19(4)9-13(15)17-16(21)14-8-12(7-11(2)3)18-20(14)5/h8,11,13,15H,6-7,9-10H2,1-5H3,(H,17,21)/t13-,15-/m1/s1. The van der Waals surface area contributed by atoms with Gasteiger partial charge in [-0.1, -0.05) is 13.8 Å². The van der Waals surface area contributed by atoms with Crippen molar-refractivity contribution in [2.45, 2.75) is 39.3 Å². The highest BCUT2D eigenvalue weighted by Crippen LogP contribution is 2.14. The number of likely N-dealkylation sites (tertiary alicyclic amines) is 1. The first-order valence-electron chi connectivity index (χ1n) is 8.04. The second-order valence-electron chi connectivity index (χ2n) is 6.54. The summed E-state index contributed by atoms with van der Waals surface area (Å²) in [7, 11) is 3.86. The van der Waals surface area contributed by atoms with Crippen LogP contribution in [0.1, 0.15) is 37.0 Å². The molecule has 2 heterocycles. The predicted octanol–water partition coefficient (Wildman–Crippen LogP) is 1.07. The number of amides is 1. The molecule has 0 aliphatic carbocycles. The zero-order valence-electron chi connectivity index (χ0n) is 14.3. The molecule has 0 spiro atoms. The van der Waals surface area contributed by atoms with Gasteiger partial charge in [-0.3, -0.25) is 9.48 Å². The Kier molecular flexibility index (Phi) is 5.58. The van der Waals surface area contributed by atoms with Gasteiger partial charge in [0.2, 0.25) is 0 Å². The number of carbonyl (C=O) groups excluding carboxylic acids is 1. The number of nitrogens with one attached hydrogen (secondary N) is 1. The van der Waals surface area contributed by atoms with Crippen molar-refractivity contribution in [2.24, 2.45) is 13.0 Å². The number of hydrogen-bond acceptors (Lipinski definition) is 4. The third-order valence-corrected chi connectivity index (χ3v) is 3.93. The molecule has 1 aromatic rings. The maximum Gasteiger partial charge on any atom is 0.269 e. The van der Waals surface area contributed by atoms with Crippen LogP contribution < -0.4 is 5.32 Å². The molecule has 1 N–H and O–H groups in total. The van der Waals surface area contributed by atoms with Crippen LogP contribution in [0.4, 0.5) is 0 Å². The summed E-state index contributed by atoms with van der Waals surface area (Å²) in [6, 6.07) is 1.92. The number of nitrogens with zero attached hydrogens (tertiary/aromatic N) is 3. The Morgan fingerprint density at radius 2 is 2.18 bits per heavy atom. The van der Waals surface area contributed by atoms with Gasteiger partial charge < -0.3 is 15.0 Å². The number of hydrogen-bond donors (Lipinski definition) is 1. The van der Waals surface area contributed by atoms with E-state index in [4.69, 9.17) is 4.74 Å². The van der Waals surface area contributed by atoms with E-state index in [9.17, 15) is 4.79 Å². The van der Waals surface area contributed by atoms with Crippen molar-refractivity contribution in [1.29, 1.82) is 0 Å². The van der Waals surface area contributed by atoms with E-state index in [1.807, 2.05) is 27.1 Å². The maximum atomic E-state index is 12.5. The number of aryl methyl sites for hydroxylation is 1. The fourth-order valence-corrected chi connectivity index (χ4v) is 2.98. The summed E-state index contributed by atoms with van der Waals surface area (Å²) in [5, 5.41) is 7.53. The van der Waals surface area contributed by atoms with Crippen molar-refractivity contribution in [3.63, 3.8) is 0 Å². The maximum absolute atomic E-state index is 12.5. The molecule has 1 aliphatic rings. The topological polar surface area (TPSA) is 59.4 Å². The van der Waals surface area contributed by atoms with Gasteiger partial charge in [-0.25, -0.2) is 0 Å². The molecule has 1 amide bonds. The first-order chi connectivity index (χ1) is 10.4. The van der Waals surface area contributed by atoms with Crippen molar-refractivity contribution in [2.75, 3.05) is 26.7 Å². The predicted molar refractivity (Wildman–Crippen MR) is 85.9 cm³/mol. The second-order valence-corrected chi connectivity index (χ2v) is 6.54. The van der Waals surface area contributed by atoms with Crippen LogP contribution in [0, 0.1) is 5.92 Å².